The monoisotopic (exact) mass is 316 g/mol. The zero-order chi connectivity index (χ0) is 13.8. The summed E-state index contributed by atoms with van der Waals surface area (Å²) < 4.78 is 0. The first kappa shape index (κ1) is 14.9. The summed E-state index contributed by atoms with van der Waals surface area (Å²) in [6.07, 6.45) is 6.17. The van der Waals surface area contributed by atoms with Crippen molar-refractivity contribution < 1.29 is 0 Å². The minimum Gasteiger partial charge on any atom is -0.365 e. The van der Waals surface area contributed by atoms with Gasteiger partial charge in [0.15, 0.2) is 5.11 Å². The Bertz CT molecular complexity index is 459. The SMILES string of the molecule is CNC(=S)N(c1ccc(Cl)c(Cl)c1)C1CCCCC1. The number of thiocarbonyl (C=S) groups is 1. The highest BCUT2D eigenvalue weighted by Crippen LogP contribution is 2.32. The van der Waals surface area contributed by atoms with E-state index in [0.717, 1.165) is 10.8 Å². The highest BCUT2D eigenvalue weighted by molar-refractivity contribution is 7.80. The van der Waals surface area contributed by atoms with E-state index in [4.69, 9.17) is 35.4 Å². The maximum atomic E-state index is 6.12. The van der Waals surface area contributed by atoms with E-state index in [1.807, 2.05) is 25.2 Å². The van der Waals surface area contributed by atoms with Gasteiger partial charge in [0.05, 0.1) is 10.0 Å². The van der Waals surface area contributed by atoms with E-state index in [1.54, 1.807) is 0 Å². The fourth-order valence-electron chi connectivity index (χ4n) is 2.59. The molecule has 19 heavy (non-hydrogen) atoms. The van der Waals surface area contributed by atoms with Gasteiger partial charge >= 0.3 is 0 Å². The molecule has 0 bridgehead atoms. The second-order valence-corrected chi connectivity index (χ2v) is 6.02. The molecule has 0 aliphatic heterocycles. The molecule has 0 spiro atoms. The zero-order valence-corrected chi connectivity index (χ0v) is 13.3. The Morgan fingerprint density at radius 3 is 2.47 bits per heavy atom. The Morgan fingerprint density at radius 1 is 1.21 bits per heavy atom. The molecule has 0 saturated heterocycles. The molecule has 1 aromatic carbocycles. The molecule has 1 aliphatic carbocycles. The Kier molecular flexibility index (Phi) is 5.31. The molecule has 104 valence electrons. The number of rotatable bonds is 2. The van der Waals surface area contributed by atoms with Crippen LogP contribution in [0.3, 0.4) is 0 Å². The third-order valence-electron chi connectivity index (χ3n) is 3.55. The molecule has 0 atom stereocenters. The fraction of sp³-hybridized carbons (Fsp3) is 0.500. The first-order chi connectivity index (χ1) is 9.13. The summed E-state index contributed by atoms with van der Waals surface area (Å²) in [5.74, 6) is 0. The lowest BCUT2D eigenvalue weighted by molar-refractivity contribution is 0.439. The molecular weight excluding hydrogens is 299 g/mol. The van der Waals surface area contributed by atoms with Gasteiger partial charge in [-0.1, -0.05) is 42.5 Å². The van der Waals surface area contributed by atoms with Crippen molar-refractivity contribution in [1.82, 2.24) is 5.32 Å². The van der Waals surface area contributed by atoms with Gasteiger partial charge in [-0.15, -0.1) is 0 Å². The lowest BCUT2D eigenvalue weighted by Crippen LogP contribution is -2.46. The van der Waals surface area contributed by atoms with Crippen molar-refractivity contribution in [3.05, 3.63) is 28.2 Å². The number of hydrogen-bond donors (Lipinski definition) is 1. The fourth-order valence-corrected chi connectivity index (χ4v) is 3.14. The van der Waals surface area contributed by atoms with Crippen LogP contribution in [0.1, 0.15) is 32.1 Å². The number of halogens is 2. The number of anilines is 1. The summed E-state index contributed by atoms with van der Waals surface area (Å²) in [6.45, 7) is 0. The molecule has 5 heteroatoms. The van der Waals surface area contributed by atoms with Crippen molar-refractivity contribution in [2.45, 2.75) is 38.1 Å². The van der Waals surface area contributed by atoms with E-state index < -0.39 is 0 Å². The summed E-state index contributed by atoms with van der Waals surface area (Å²) in [5.41, 5.74) is 1.01. The molecule has 2 nitrogen and oxygen atoms in total. The van der Waals surface area contributed by atoms with Crippen molar-refractivity contribution in [3.8, 4) is 0 Å². The number of nitrogens with zero attached hydrogens (tertiary/aromatic N) is 1. The number of hydrogen-bond acceptors (Lipinski definition) is 1. The Hall–Kier alpha value is -0.510. The van der Waals surface area contributed by atoms with Gasteiger partial charge in [0, 0.05) is 18.8 Å². The van der Waals surface area contributed by atoms with Gasteiger partial charge in [0.25, 0.3) is 0 Å². The lowest BCUT2D eigenvalue weighted by atomic mass is 9.94. The summed E-state index contributed by atoms with van der Waals surface area (Å²) in [7, 11) is 1.86. The quantitative estimate of drug-likeness (QED) is 0.800. The van der Waals surface area contributed by atoms with E-state index in [-0.39, 0.29) is 0 Å². The lowest BCUT2D eigenvalue weighted by Gasteiger charge is -2.36. The van der Waals surface area contributed by atoms with Crippen molar-refractivity contribution >= 4 is 46.2 Å². The largest absolute Gasteiger partial charge is 0.365 e. The van der Waals surface area contributed by atoms with E-state index in [2.05, 4.69) is 10.2 Å². The van der Waals surface area contributed by atoms with Gasteiger partial charge in [-0.05, 0) is 43.3 Å². The minimum atomic E-state index is 0.450. The van der Waals surface area contributed by atoms with Crippen LogP contribution in [0.25, 0.3) is 0 Å². The van der Waals surface area contributed by atoms with Gasteiger partial charge in [0.2, 0.25) is 0 Å². The van der Waals surface area contributed by atoms with Crippen LogP contribution in [-0.2, 0) is 0 Å². The maximum Gasteiger partial charge on any atom is 0.173 e. The number of nitrogens with one attached hydrogen (secondary N) is 1. The molecule has 1 aliphatic rings. The minimum absolute atomic E-state index is 0.450. The van der Waals surface area contributed by atoms with Gasteiger partial charge < -0.3 is 10.2 Å². The highest BCUT2D eigenvalue weighted by Gasteiger charge is 2.24. The smallest absolute Gasteiger partial charge is 0.173 e. The number of benzene rings is 1. The average Bonchev–Trinajstić information content (AvgIpc) is 2.44. The summed E-state index contributed by atoms with van der Waals surface area (Å²) >= 11 is 17.6. The topological polar surface area (TPSA) is 15.3 Å². The van der Waals surface area contributed by atoms with Crippen LogP contribution in [0.5, 0.6) is 0 Å². The van der Waals surface area contributed by atoms with Crippen LogP contribution in [0.2, 0.25) is 10.0 Å². The van der Waals surface area contributed by atoms with Crippen LogP contribution >= 0.6 is 35.4 Å². The maximum absolute atomic E-state index is 6.12. The normalized spacial score (nSPS) is 16.2. The predicted molar refractivity (Wildman–Crippen MR) is 87.5 cm³/mol. The van der Waals surface area contributed by atoms with Gasteiger partial charge in [0.1, 0.15) is 0 Å². The third-order valence-corrected chi connectivity index (χ3v) is 4.69. The van der Waals surface area contributed by atoms with Crippen LogP contribution < -0.4 is 10.2 Å². The van der Waals surface area contributed by atoms with E-state index in [9.17, 15) is 0 Å². The van der Waals surface area contributed by atoms with E-state index >= 15 is 0 Å². The molecular formula is C14H18Cl2N2S. The molecule has 1 aromatic rings. The summed E-state index contributed by atoms with van der Waals surface area (Å²) in [6, 6.07) is 6.15. The van der Waals surface area contributed by atoms with E-state index in [0.29, 0.717) is 16.1 Å². The van der Waals surface area contributed by atoms with Crippen molar-refractivity contribution in [1.29, 1.82) is 0 Å². The zero-order valence-electron chi connectivity index (χ0n) is 11.0. The van der Waals surface area contributed by atoms with Gasteiger partial charge in [-0.3, -0.25) is 0 Å². The Balaban J connectivity index is 2.30. The molecule has 0 heterocycles. The van der Waals surface area contributed by atoms with Crippen LogP contribution in [0.15, 0.2) is 18.2 Å². The van der Waals surface area contributed by atoms with Crippen LogP contribution in [0, 0.1) is 0 Å². The standard InChI is InChI=1S/C14H18Cl2N2S/c1-17-14(19)18(10-5-3-2-4-6-10)11-7-8-12(15)13(16)9-11/h7-10H,2-6H2,1H3,(H,17,19). The van der Waals surface area contributed by atoms with Gasteiger partial charge in [-0.2, -0.15) is 0 Å². The van der Waals surface area contributed by atoms with Crippen LogP contribution in [-0.4, -0.2) is 18.2 Å². The molecule has 1 N–H and O–H groups in total. The molecule has 2 rings (SSSR count). The molecule has 1 saturated carbocycles. The Labute approximate surface area is 130 Å². The van der Waals surface area contributed by atoms with Crippen LogP contribution in [0.4, 0.5) is 5.69 Å². The van der Waals surface area contributed by atoms with Crippen molar-refractivity contribution in [2.24, 2.45) is 0 Å². The van der Waals surface area contributed by atoms with Gasteiger partial charge in [-0.25, -0.2) is 0 Å². The first-order valence-electron chi connectivity index (χ1n) is 6.59. The summed E-state index contributed by atoms with van der Waals surface area (Å²) in [5, 5.41) is 4.96. The first-order valence-corrected chi connectivity index (χ1v) is 7.76. The molecule has 1 fully saturated rings. The van der Waals surface area contributed by atoms with Crippen molar-refractivity contribution in [2.75, 3.05) is 11.9 Å². The summed E-state index contributed by atoms with van der Waals surface area (Å²) in [4.78, 5) is 2.18. The molecule has 0 aromatic heterocycles. The third kappa shape index (κ3) is 3.53. The second kappa shape index (κ2) is 6.78. The second-order valence-electron chi connectivity index (χ2n) is 4.82. The predicted octanol–water partition coefficient (Wildman–Crippen LogP) is 4.64. The Morgan fingerprint density at radius 2 is 1.89 bits per heavy atom. The molecule has 0 radical (unpaired) electrons. The average molecular weight is 317 g/mol. The highest BCUT2D eigenvalue weighted by atomic mass is 35.5. The van der Waals surface area contributed by atoms with E-state index in [1.165, 1.54) is 32.1 Å². The molecule has 0 amide bonds. The molecule has 0 unspecified atom stereocenters. The van der Waals surface area contributed by atoms with Crippen molar-refractivity contribution in [3.63, 3.8) is 0 Å².